The van der Waals surface area contributed by atoms with E-state index in [0.29, 0.717) is 11.5 Å². The number of phenolic OH excluding ortho intramolecular Hbond substituents is 2. The molecule has 23 heavy (non-hydrogen) atoms. The number of benzene rings is 2. The fourth-order valence-electron chi connectivity index (χ4n) is 4.71. The quantitative estimate of drug-likeness (QED) is 0.745. The van der Waals surface area contributed by atoms with Gasteiger partial charge in [-0.25, -0.2) is 0 Å². The van der Waals surface area contributed by atoms with Gasteiger partial charge in [-0.3, -0.25) is 0 Å². The van der Waals surface area contributed by atoms with E-state index >= 15 is 0 Å². The van der Waals surface area contributed by atoms with Crippen LogP contribution in [0.4, 0.5) is 0 Å². The molecular weight excluding hydrogens is 284 g/mol. The molecule has 0 aromatic heterocycles. The van der Waals surface area contributed by atoms with Gasteiger partial charge < -0.3 is 10.2 Å². The van der Waals surface area contributed by atoms with Gasteiger partial charge in [-0.2, -0.15) is 0 Å². The number of hydrogen-bond acceptors (Lipinski definition) is 2. The minimum Gasteiger partial charge on any atom is -0.508 e. The molecule has 4 rings (SSSR count). The molecule has 0 radical (unpaired) electrons. The summed E-state index contributed by atoms with van der Waals surface area (Å²) in [4.78, 5) is 0. The Balaban J connectivity index is 1.85. The van der Waals surface area contributed by atoms with Gasteiger partial charge in [-0.15, -0.1) is 0 Å². The average molecular weight is 306 g/mol. The van der Waals surface area contributed by atoms with Gasteiger partial charge in [-0.05, 0) is 91.6 Å². The molecule has 1 spiro atoms. The molecule has 2 aromatic rings. The van der Waals surface area contributed by atoms with E-state index in [-0.39, 0.29) is 5.41 Å². The zero-order valence-corrected chi connectivity index (χ0v) is 13.7. The van der Waals surface area contributed by atoms with Gasteiger partial charge >= 0.3 is 0 Å². The first-order chi connectivity index (χ1) is 11.0. The minimum atomic E-state index is 0.138. The first-order valence-electron chi connectivity index (χ1n) is 8.29. The monoisotopic (exact) mass is 306 g/mol. The van der Waals surface area contributed by atoms with Crippen molar-refractivity contribution in [3.05, 3.63) is 64.2 Å². The van der Waals surface area contributed by atoms with Crippen LogP contribution < -0.4 is 0 Å². The molecule has 0 saturated carbocycles. The fourth-order valence-corrected chi connectivity index (χ4v) is 4.71. The van der Waals surface area contributed by atoms with E-state index in [4.69, 9.17) is 0 Å². The first-order valence-corrected chi connectivity index (χ1v) is 8.29. The van der Waals surface area contributed by atoms with E-state index in [1.807, 2.05) is 12.1 Å². The molecule has 1 unspecified atom stereocenters. The molecule has 0 saturated heterocycles. The highest BCUT2D eigenvalue weighted by Gasteiger charge is 2.43. The number of aromatic hydroxyl groups is 2. The van der Waals surface area contributed by atoms with Crippen molar-refractivity contribution in [2.24, 2.45) is 5.41 Å². The molecule has 2 aromatic carbocycles. The van der Waals surface area contributed by atoms with Crippen LogP contribution in [0.25, 0.3) is 5.57 Å². The largest absolute Gasteiger partial charge is 0.508 e. The van der Waals surface area contributed by atoms with Gasteiger partial charge in [-0.1, -0.05) is 17.7 Å². The molecule has 1 atom stereocenters. The minimum absolute atomic E-state index is 0.138. The van der Waals surface area contributed by atoms with Gasteiger partial charge in [0.05, 0.1) is 0 Å². The molecule has 0 aliphatic heterocycles. The smallest absolute Gasteiger partial charge is 0.115 e. The van der Waals surface area contributed by atoms with Crippen molar-refractivity contribution < 1.29 is 10.2 Å². The van der Waals surface area contributed by atoms with E-state index in [0.717, 1.165) is 25.7 Å². The highest BCUT2D eigenvalue weighted by molar-refractivity contribution is 5.78. The maximum atomic E-state index is 9.81. The second-order valence-electron chi connectivity index (χ2n) is 7.30. The normalized spacial score (nSPS) is 22.1. The van der Waals surface area contributed by atoms with Crippen LogP contribution in [-0.2, 0) is 19.3 Å². The van der Waals surface area contributed by atoms with Crippen LogP contribution in [0, 0.1) is 5.41 Å². The third-order valence-corrected chi connectivity index (χ3v) is 5.51. The summed E-state index contributed by atoms with van der Waals surface area (Å²) >= 11 is 0. The summed E-state index contributed by atoms with van der Waals surface area (Å²) in [6.45, 7) is 4.39. The number of allylic oxidation sites excluding steroid dienone is 2. The van der Waals surface area contributed by atoms with Crippen molar-refractivity contribution in [2.45, 2.75) is 39.5 Å². The van der Waals surface area contributed by atoms with Crippen LogP contribution in [0.5, 0.6) is 11.5 Å². The van der Waals surface area contributed by atoms with Gasteiger partial charge in [0.2, 0.25) is 0 Å². The standard InChI is InChI=1S/C21H22O2/c1-13(2)20-19-6-5-18(23)9-14(19)7-8-21(20)11-15-3-4-17(22)10-16(15)12-21/h3-6,9-10,22-23H,7-8,11-12H2,1-2H3. The van der Waals surface area contributed by atoms with Crippen molar-refractivity contribution in [1.29, 1.82) is 0 Å². The number of hydrogen-bond donors (Lipinski definition) is 2. The number of aryl methyl sites for hydroxylation is 1. The first kappa shape index (κ1) is 14.4. The summed E-state index contributed by atoms with van der Waals surface area (Å²) in [7, 11) is 0. The third kappa shape index (κ3) is 2.16. The van der Waals surface area contributed by atoms with Crippen molar-refractivity contribution in [3.8, 4) is 11.5 Å². The van der Waals surface area contributed by atoms with Gasteiger partial charge in [0.1, 0.15) is 11.5 Å². The molecule has 0 fully saturated rings. The zero-order chi connectivity index (χ0) is 16.2. The van der Waals surface area contributed by atoms with Gasteiger partial charge in [0.15, 0.2) is 0 Å². The zero-order valence-electron chi connectivity index (χ0n) is 13.7. The number of rotatable bonds is 0. The maximum Gasteiger partial charge on any atom is 0.115 e. The lowest BCUT2D eigenvalue weighted by atomic mass is 9.65. The van der Waals surface area contributed by atoms with Crippen molar-refractivity contribution in [3.63, 3.8) is 0 Å². The lowest BCUT2D eigenvalue weighted by Gasteiger charge is -2.39. The molecule has 2 heteroatoms. The maximum absolute atomic E-state index is 9.81. The lowest BCUT2D eigenvalue weighted by Crippen LogP contribution is -2.29. The van der Waals surface area contributed by atoms with Crippen LogP contribution in [-0.4, -0.2) is 10.2 Å². The van der Waals surface area contributed by atoms with E-state index < -0.39 is 0 Å². The van der Waals surface area contributed by atoms with Crippen LogP contribution in [0.3, 0.4) is 0 Å². The molecular formula is C21H22O2. The number of phenols is 2. The van der Waals surface area contributed by atoms with Crippen LogP contribution in [0.2, 0.25) is 0 Å². The van der Waals surface area contributed by atoms with Crippen LogP contribution in [0.1, 0.15) is 42.5 Å². The van der Waals surface area contributed by atoms with Gasteiger partial charge in [0.25, 0.3) is 0 Å². The molecule has 118 valence electrons. The Labute approximate surface area is 137 Å². The summed E-state index contributed by atoms with van der Waals surface area (Å²) in [6.07, 6.45) is 4.14. The van der Waals surface area contributed by atoms with E-state index in [9.17, 15) is 10.2 Å². The Bertz CT molecular complexity index is 828. The van der Waals surface area contributed by atoms with Crippen LogP contribution in [0.15, 0.2) is 42.0 Å². The SMILES string of the molecule is CC(C)=C1c2ccc(O)cc2CCC12Cc1ccc(O)cc1C2. The summed E-state index contributed by atoms with van der Waals surface area (Å²) in [5.41, 5.74) is 8.13. The Kier molecular flexibility index (Phi) is 3.06. The van der Waals surface area contributed by atoms with E-state index in [1.54, 1.807) is 12.1 Å². The average Bonchev–Trinajstić information content (AvgIpc) is 2.84. The van der Waals surface area contributed by atoms with Crippen molar-refractivity contribution in [1.82, 2.24) is 0 Å². The van der Waals surface area contributed by atoms with Crippen LogP contribution >= 0.6 is 0 Å². The molecule has 0 bridgehead atoms. The molecule has 0 heterocycles. The topological polar surface area (TPSA) is 40.5 Å². The predicted octanol–water partition coefficient (Wildman–Crippen LogP) is 4.62. The van der Waals surface area contributed by atoms with Crippen molar-refractivity contribution in [2.75, 3.05) is 0 Å². The summed E-state index contributed by atoms with van der Waals surface area (Å²) in [6, 6.07) is 11.6. The lowest BCUT2D eigenvalue weighted by molar-refractivity contribution is 0.376. The summed E-state index contributed by atoms with van der Waals surface area (Å²) in [5, 5.41) is 19.6. The second kappa shape index (κ2) is 4.89. The Hall–Kier alpha value is -2.22. The number of fused-ring (bicyclic) bond motifs is 2. The van der Waals surface area contributed by atoms with E-state index in [1.165, 1.54) is 33.4 Å². The molecule has 2 nitrogen and oxygen atoms in total. The molecule has 0 amide bonds. The van der Waals surface area contributed by atoms with Gasteiger partial charge in [0, 0.05) is 5.41 Å². The predicted molar refractivity (Wildman–Crippen MR) is 92.6 cm³/mol. The summed E-state index contributed by atoms with van der Waals surface area (Å²) < 4.78 is 0. The third-order valence-electron chi connectivity index (χ3n) is 5.51. The van der Waals surface area contributed by atoms with E-state index in [2.05, 4.69) is 26.0 Å². The second-order valence-corrected chi connectivity index (χ2v) is 7.30. The fraction of sp³-hybridized carbons (Fsp3) is 0.333. The molecule has 2 aliphatic rings. The highest BCUT2D eigenvalue weighted by atomic mass is 16.3. The summed E-state index contributed by atoms with van der Waals surface area (Å²) in [5.74, 6) is 0.716. The Morgan fingerprint density at radius 2 is 1.52 bits per heavy atom. The van der Waals surface area contributed by atoms with Crippen molar-refractivity contribution >= 4 is 5.57 Å². The Morgan fingerprint density at radius 3 is 2.26 bits per heavy atom. The molecule has 2 aliphatic carbocycles. The highest BCUT2D eigenvalue weighted by Crippen LogP contribution is 2.54. The Morgan fingerprint density at radius 1 is 0.870 bits per heavy atom. The molecule has 2 N–H and O–H groups in total.